The predicted molar refractivity (Wildman–Crippen MR) is 91.3 cm³/mol. The molecule has 1 heterocycles. The van der Waals surface area contributed by atoms with Gasteiger partial charge < -0.3 is 14.8 Å². The minimum atomic E-state index is -0.0975. The van der Waals surface area contributed by atoms with Gasteiger partial charge in [0.2, 0.25) is 5.91 Å². The van der Waals surface area contributed by atoms with Crippen LogP contribution in [0.5, 0.6) is 11.5 Å². The lowest BCUT2D eigenvalue weighted by atomic mass is 10.0. The number of hydrogen-bond acceptors (Lipinski definition) is 4. The van der Waals surface area contributed by atoms with Crippen LogP contribution in [0.1, 0.15) is 31.4 Å². The molecule has 5 nitrogen and oxygen atoms in total. The van der Waals surface area contributed by atoms with Crippen LogP contribution in [-0.2, 0) is 17.6 Å². The van der Waals surface area contributed by atoms with Crippen LogP contribution in [0.3, 0.4) is 0 Å². The Bertz CT molecular complexity index is 510. The van der Waals surface area contributed by atoms with E-state index in [2.05, 4.69) is 29.3 Å². The third-order valence-electron chi connectivity index (χ3n) is 4.52. The first-order valence-electron chi connectivity index (χ1n) is 8.36. The van der Waals surface area contributed by atoms with E-state index < -0.39 is 0 Å². The van der Waals surface area contributed by atoms with E-state index in [1.165, 1.54) is 11.1 Å². The second-order valence-electron chi connectivity index (χ2n) is 5.98. The van der Waals surface area contributed by atoms with E-state index >= 15 is 0 Å². The van der Waals surface area contributed by atoms with Crippen molar-refractivity contribution in [1.29, 1.82) is 0 Å². The van der Waals surface area contributed by atoms with Gasteiger partial charge in [0.15, 0.2) is 11.5 Å². The van der Waals surface area contributed by atoms with Crippen molar-refractivity contribution in [3.05, 3.63) is 23.3 Å². The molecule has 1 aromatic carbocycles. The lowest BCUT2D eigenvalue weighted by Gasteiger charge is -2.26. The molecule has 128 valence electrons. The van der Waals surface area contributed by atoms with Crippen molar-refractivity contribution >= 4 is 5.91 Å². The third-order valence-corrected chi connectivity index (χ3v) is 4.52. The lowest BCUT2D eigenvalue weighted by Crippen LogP contribution is -2.46. The predicted octanol–water partition coefficient (Wildman–Crippen LogP) is 2.02. The first-order chi connectivity index (χ1) is 11.1. The Morgan fingerprint density at radius 3 is 2.13 bits per heavy atom. The van der Waals surface area contributed by atoms with E-state index in [1.54, 1.807) is 14.2 Å². The molecule has 0 aromatic heterocycles. The molecule has 1 atom stereocenters. The van der Waals surface area contributed by atoms with Crippen LogP contribution in [0.25, 0.3) is 0 Å². The number of benzene rings is 1. The highest BCUT2D eigenvalue weighted by molar-refractivity contribution is 5.81. The van der Waals surface area contributed by atoms with E-state index in [1.807, 2.05) is 6.92 Å². The molecule has 1 N–H and O–H groups in total. The minimum absolute atomic E-state index is 0.0975. The van der Waals surface area contributed by atoms with Crippen LogP contribution in [-0.4, -0.2) is 50.7 Å². The van der Waals surface area contributed by atoms with Gasteiger partial charge in [0.05, 0.1) is 20.3 Å². The number of amides is 1. The van der Waals surface area contributed by atoms with Crippen LogP contribution in [0.4, 0.5) is 0 Å². The summed E-state index contributed by atoms with van der Waals surface area (Å²) in [6.45, 7) is 6.55. The Kier molecular flexibility index (Phi) is 6.28. The molecule has 0 bridgehead atoms. The fraction of sp³-hybridized carbons (Fsp3) is 0.611. The summed E-state index contributed by atoms with van der Waals surface area (Å²) >= 11 is 0. The Morgan fingerprint density at radius 1 is 1.17 bits per heavy atom. The fourth-order valence-electron chi connectivity index (χ4n) is 3.02. The number of rotatable bonds is 6. The van der Waals surface area contributed by atoms with Gasteiger partial charge in [-0.1, -0.05) is 6.92 Å². The summed E-state index contributed by atoms with van der Waals surface area (Å²) in [6.07, 6.45) is 2.80. The molecule has 1 aliphatic rings. The van der Waals surface area contributed by atoms with E-state index in [4.69, 9.17) is 9.47 Å². The number of ether oxygens (including phenoxy) is 2. The number of carbonyl (C=O) groups is 1. The average Bonchev–Trinajstić information content (AvgIpc) is 2.79. The highest BCUT2D eigenvalue weighted by Crippen LogP contribution is 2.32. The van der Waals surface area contributed by atoms with Crippen LogP contribution < -0.4 is 14.8 Å². The molecule has 0 fully saturated rings. The maximum Gasteiger partial charge on any atom is 0.237 e. The van der Waals surface area contributed by atoms with Gasteiger partial charge in [-0.05, 0) is 49.4 Å². The van der Waals surface area contributed by atoms with Crippen molar-refractivity contribution in [3.63, 3.8) is 0 Å². The van der Waals surface area contributed by atoms with Crippen LogP contribution >= 0.6 is 0 Å². The highest BCUT2D eigenvalue weighted by atomic mass is 16.5. The SMILES string of the molecule is CCCNC(=O)[C@H](C)N1CCc2cc(OC)c(OC)cc2CC1. The summed E-state index contributed by atoms with van der Waals surface area (Å²) in [4.78, 5) is 14.4. The summed E-state index contributed by atoms with van der Waals surface area (Å²) in [5.41, 5.74) is 2.57. The molecule has 0 unspecified atom stereocenters. The lowest BCUT2D eigenvalue weighted by molar-refractivity contribution is -0.125. The Balaban J connectivity index is 2.09. The number of methoxy groups -OCH3 is 2. The minimum Gasteiger partial charge on any atom is -0.493 e. The quantitative estimate of drug-likeness (QED) is 0.871. The topological polar surface area (TPSA) is 50.8 Å². The molecule has 23 heavy (non-hydrogen) atoms. The van der Waals surface area contributed by atoms with Crippen LogP contribution in [0.15, 0.2) is 12.1 Å². The summed E-state index contributed by atoms with van der Waals surface area (Å²) in [6, 6.07) is 4.04. The van der Waals surface area contributed by atoms with Gasteiger partial charge in [0.25, 0.3) is 0 Å². The number of fused-ring (bicyclic) bond motifs is 1. The van der Waals surface area contributed by atoms with E-state index in [-0.39, 0.29) is 11.9 Å². The molecular weight excluding hydrogens is 292 g/mol. The van der Waals surface area contributed by atoms with Crippen molar-refractivity contribution in [2.45, 2.75) is 39.2 Å². The smallest absolute Gasteiger partial charge is 0.237 e. The maximum absolute atomic E-state index is 12.2. The summed E-state index contributed by atoms with van der Waals surface area (Å²) in [5.74, 6) is 1.66. The number of nitrogens with one attached hydrogen (secondary N) is 1. The van der Waals surface area contributed by atoms with E-state index in [0.717, 1.165) is 50.4 Å². The fourth-order valence-corrected chi connectivity index (χ4v) is 3.02. The standard InChI is InChI=1S/C18H28N2O3/c1-5-8-19-18(21)13(2)20-9-6-14-11-16(22-3)17(23-4)12-15(14)7-10-20/h11-13H,5-10H2,1-4H3,(H,19,21)/t13-/m0/s1. The summed E-state index contributed by atoms with van der Waals surface area (Å²) in [7, 11) is 3.32. The molecule has 1 aliphatic heterocycles. The highest BCUT2D eigenvalue weighted by Gasteiger charge is 2.24. The normalized spacial score (nSPS) is 16.2. The number of hydrogen-bond donors (Lipinski definition) is 1. The number of nitrogens with zero attached hydrogens (tertiary/aromatic N) is 1. The molecule has 2 rings (SSSR count). The Hall–Kier alpha value is -1.75. The van der Waals surface area contributed by atoms with Crippen molar-refractivity contribution in [2.75, 3.05) is 33.9 Å². The van der Waals surface area contributed by atoms with Gasteiger partial charge in [-0.2, -0.15) is 0 Å². The van der Waals surface area contributed by atoms with Gasteiger partial charge in [-0.15, -0.1) is 0 Å². The Morgan fingerprint density at radius 2 is 1.70 bits per heavy atom. The van der Waals surface area contributed by atoms with Crippen LogP contribution in [0.2, 0.25) is 0 Å². The van der Waals surface area contributed by atoms with Gasteiger partial charge >= 0.3 is 0 Å². The molecule has 1 amide bonds. The zero-order valence-electron chi connectivity index (χ0n) is 14.6. The van der Waals surface area contributed by atoms with Gasteiger partial charge in [-0.25, -0.2) is 0 Å². The molecule has 5 heteroatoms. The average molecular weight is 320 g/mol. The molecule has 0 spiro atoms. The van der Waals surface area contributed by atoms with E-state index in [9.17, 15) is 4.79 Å². The van der Waals surface area contributed by atoms with Crippen molar-refractivity contribution in [3.8, 4) is 11.5 Å². The third kappa shape index (κ3) is 4.16. The van der Waals surface area contributed by atoms with Gasteiger partial charge in [-0.3, -0.25) is 9.69 Å². The second kappa shape index (κ2) is 8.20. The summed E-state index contributed by atoms with van der Waals surface area (Å²) in [5, 5.41) is 2.99. The van der Waals surface area contributed by atoms with Crippen LogP contribution in [0, 0.1) is 0 Å². The van der Waals surface area contributed by atoms with Gasteiger partial charge in [0, 0.05) is 19.6 Å². The Labute approximate surface area is 139 Å². The summed E-state index contributed by atoms with van der Waals surface area (Å²) < 4.78 is 10.8. The molecule has 0 radical (unpaired) electrons. The molecule has 0 aliphatic carbocycles. The van der Waals surface area contributed by atoms with Crippen molar-refractivity contribution in [1.82, 2.24) is 10.2 Å². The largest absolute Gasteiger partial charge is 0.493 e. The number of carbonyl (C=O) groups excluding carboxylic acids is 1. The first kappa shape index (κ1) is 17.6. The van der Waals surface area contributed by atoms with Crippen molar-refractivity contribution in [2.24, 2.45) is 0 Å². The van der Waals surface area contributed by atoms with Crippen molar-refractivity contribution < 1.29 is 14.3 Å². The van der Waals surface area contributed by atoms with E-state index in [0.29, 0.717) is 0 Å². The zero-order chi connectivity index (χ0) is 16.8. The molecular formula is C18H28N2O3. The first-order valence-corrected chi connectivity index (χ1v) is 8.36. The maximum atomic E-state index is 12.2. The van der Waals surface area contributed by atoms with Gasteiger partial charge in [0.1, 0.15) is 0 Å². The molecule has 0 saturated carbocycles. The zero-order valence-corrected chi connectivity index (χ0v) is 14.6. The second-order valence-corrected chi connectivity index (χ2v) is 5.98. The molecule has 0 saturated heterocycles. The molecule has 1 aromatic rings. The monoisotopic (exact) mass is 320 g/mol.